The molecular weight excluding hydrogens is 596 g/mol. The normalized spacial score (nSPS) is 12.9. The van der Waals surface area contributed by atoms with Crippen LogP contribution in [0.15, 0.2) is 41.1 Å². The minimum Gasteiger partial charge on any atom is -0.495 e. The molecule has 1 amide bonds. The summed E-state index contributed by atoms with van der Waals surface area (Å²) in [6.07, 6.45) is -4.49. The largest absolute Gasteiger partial charge is 0.495 e. The number of carbonyl (C=O) groups excluding carboxylic acids is 1. The number of aromatic nitrogens is 3. The number of methoxy groups -OCH3 is 1. The zero-order valence-corrected chi connectivity index (χ0v) is 22.7. The zero-order chi connectivity index (χ0) is 28.1. The summed E-state index contributed by atoms with van der Waals surface area (Å²) in [4.78, 5) is 33.9. The number of ether oxygens (including phenoxy) is 1. The smallest absolute Gasteiger partial charge is 0.421 e. The number of hydrogen-bond donors (Lipinski definition) is 4. The molecule has 38 heavy (non-hydrogen) atoms. The molecule has 0 radical (unpaired) electrons. The van der Waals surface area contributed by atoms with Crippen LogP contribution in [0.4, 0.5) is 36.3 Å². The molecule has 0 saturated carbocycles. The maximum Gasteiger partial charge on any atom is 0.421 e. The molecule has 2 aromatic heterocycles. The minimum atomic E-state index is -4.81. The lowest BCUT2D eigenvalue weighted by molar-refractivity contribution is -0.137. The molecule has 1 atom stereocenters. The lowest BCUT2D eigenvalue weighted by atomic mass is 10.2. The maximum absolute atomic E-state index is 13.7. The number of nitrogens with zero attached hydrogens (tertiary/aromatic N) is 3. The van der Waals surface area contributed by atoms with Gasteiger partial charge in [-0.3, -0.25) is 9.36 Å². The molecule has 4 N–H and O–H groups in total. The van der Waals surface area contributed by atoms with E-state index < -0.39 is 31.1 Å². The van der Waals surface area contributed by atoms with Crippen LogP contribution in [0.2, 0.25) is 0 Å². The van der Waals surface area contributed by atoms with Crippen LogP contribution in [0.3, 0.4) is 0 Å². The van der Waals surface area contributed by atoms with Crippen LogP contribution in [-0.2, 0) is 21.4 Å². The highest BCUT2D eigenvalue weighted by Gasteiger charge is 2.36. The van der Waals surface area contributed by atoms with E-state index in [4.69, 9.17) is 9.26 Å². The van der Waals surface area contributed by atoms with Gasteiger partial charge in [0, 0.05) is 13.2 Å². The number of pyridine rings is 1. The molecule has 0 spiro atoms. The average molecular weight is 619 g/mol. The summed E-state index contributed by atoms with van der Waals surface area (Å²) in [6, 6.07) is 7.33. The monoisotopic (exact) mass is 618 g/mol. The lowest BCUT2D eigenvalue weighted by Crippen LogP contribution is -2.21. The molecule has 0 saturated heterocycles. The van der Waals surface area contributed by atoms with Crippen LogP contribution in [0.1, 0.15) is 28.5 Å². The number of nitrogens with one attached hydrogen (secondary N) is 3. The highest BCUT2D eigenvalue weighted by molar-refractivity contribution is 9.10. The second-order valence-electron chi connectivity index (χ2n) is 7.56. The molecule has 2 heterocycles. The van der Waals surface area contributed by atoms with E-state index >= 15 is 0 Å². The summed E-state index contributed by atoms with van der Waals surface area (Å²) in [7, 11) is -1.14. The Balaban J connectivity index is 1.97. The molecular formula is C22H23BrF3N6O5P. The van der Waals surface area contributed by atoms with Crippen LogP contribution in [0.5, 0.6) is 5.75 Å². The van der Waals surface area contributed by atoms with Crippen LogP contribution in [0.25, 0.3) is 0 Å². The van der Waals surface area contributed by atoms with Gasteiger partial charge in [0.2, 0.25) is 5.95 Å². The summed E-state index contributed by atoms with van der Waals surface area (Å²) in [6.45, 7) is 1.66. The molecule has 11 nitrogen and oxygen atoms in total. The first kappa shape index (κ1) is 29.3. The highest BCUT2D eigenvalue weighted by Crippen LogP contribution is 2.46. The maximum atomic E-state index is 13.7. The van der Waals surface area contributed by atoms with Gasteiger partial charge in [-0.1, -0.05) is 6.07 Å². The molecule has 0 aliphatic carbocycles. The molecule has 0 bridgehead atoms. The summed E-state index contributed by atoms with van der Waals surface area (Å²) in [5, 5.41) is 7.69. The van der Waals surface area contributed by atoms with Crippen LogP contribution in [-0.4, -0.2) is 46.5 Å². The van der Waals surface area contributed by atoms with E-state index in [1.165, 1.54) is 44.5 Å². The van der Waals surface area contributed by atoms with Crippen molar-refractivity contribution in [3.8, 4) is 5.75 Å². The fraction of sp³-hybridized carbons (Fsp3) is 0.273. The average Bonchev–Trinajstić information content (AvgIpc) is 2.84. The van der Waals surface area contributed by atoms with Crippen molar-refractivity contribution in [2.45, 2.75) is 19.3 Å². The SMILES string of the molecule is CCOP(=O)(O)Cc1ccc(Nc2ncc(C(F)(F)F)c(Nc3ccc(Br)nc3C(=O)NC)n2)c(OC)c1. The Hall–Kier alpha value is -3.26. The van der Waals surface area contributed by atoms with E-state index in [9.17, 15) is 27.4 Å². The zero-order valence-electron chi connectivity index (χ0n) is 20.3. The van der Waals surface area contributed by atoms with Crippen molar-refractivity contribution in [3.05, 3.63) is 58.0 Å². The van der Waals surface area contributed by atoms with Gasteiger partial charge >= 0.3 is 13.8 Å². The van der Waals surface area contributed by atoms with Gasteiger partial charge in [0.25, 0.3) is 5.91 Å². The van der Waals surface area contributed by atoms with Gasteiger partial charge in [0.05, 0.1) is 31.3 Å². The molecule has 1 aromatic carbocycles. The van der Waals surface area contributed by atoms with Crippen molar-refractivity contribution < 1.29 is 36.7 Å². The predicted octanol–water partition coefficient (Wildman–Crippen LogP) is 5.23. The lowest BCUT2D eigenvalue weighted by Gasteiger charge is -2.17. The minimum absolute atomic E-state index is 0.0210. The van der Waals surface area contributed by atoms with E-state index in [0.717, 1.165) is 0 Å². The van der Waals surface area contributed by atoms with Gasteiger partial charge in [-0.2, -0.15) is 18.2 Å². The number of rotatable bonds is 10. The van der Waals surface area contributed by atoms with Crippen LogP contribution >= 0.6 is 23.5 Å². The molecule has 204 valence electrons. The van der Waals surface area contributed by atoms with E-state index in [2.05, 4.69) is 46.8 Å². The van der Waals surface area contributed by atoms with Gasteiger partial charge in [-0.15, -0.1) is 0 Å². The third-order valence-corrected chi connectivity index (χ3v) is 6.74. The number of benzene rings is 1. The molecule has 0 aliphatic heterocycles. The second kappa shape index (κ2) is 12.1. The first-order chi connectivity index (χ1) is 17.9. The Morgan fingerprint density at radius 3 is 2.50 bits per heavy atom. The summed E-state index contributed by atoms with van der Waals surface area (Å²) in [5.74, 6) is -1.26. The Labute approximate surface area is 223 Å². The van der Waals surface area contributed by atoms with Crippen molar-refractivity contribution >= 4 is 52.6 Å². The molecule has 0 fully saturated rings. The van der Waals surface area contributed by atoms with Gasteiger partial charge in [0.1, 0.15) is 21.7 Å². The highest BCUT2D eigenvalue weighted by atomic mass is 79.9. The number of carbonyl (C=O) groups is 1. The van der Waals surface area contributed by atoms with Crippen LogP contribution in [0, 0.1) is 0 Å². The standard InChI is InChI=1S/C22H23BrF3N6O5P/c1-4-37-38(34,35)11-12-5-6-14(16(9-12)36-3)30-21-28-10-13(22(24,25)26)19(32-21)29-15-7-8-17(23)31-18(15)20(33)27-2/h5-10H,4,11H2,1-3H3,(H,27,33)(H,34,35)(H2,28,29,30,32). The van der Waals surface area contributed by atoms with E-state index in [1.807, 2.05) is 0 Å². The molecule has 3 rings (SSSR count). The Bertz CT molecular complexity index is 1380. The fourth-order valence-electron chi connectivity index (χ4n) is 3.24. The van der Waals surface area contributed by atoms with Gasteiger partial charge in [0.15, 0.2) is 5.69 Å². The van der Waals surface area contributed by atoms with Crippen molar-refractivity contribution in [1.29, 1.82) is 0 Å². The first-order valence-corrected chi connectivity index (χ1v) is 13.4. The van der Waals surface area contributed by atoms with Gasteiger partial charge in [-0.05, 0) is 52.7 Å². The second-order valence-corrected chi connectivity index (χ2v) is 10.2. The van der Waals surface area contributed by atoms with Crippen molar-refractivity contribution in [1.82, 2.24) is 20.3 Å². The summed E-state index contributed by atoms with van der Waals surface area (Å²) in [5.41, 5.74) is -0.638. The predicted molar refractivity (Wildman–Crippen MR) is 137 cm³/mol. The Morgan fingerprint density at radius 1 is 1.16 bits per heavy atom. The molecule has 3 aromatic rings. The quantitative estimate of drug-likeness (QED) is 0.176. The molecule has 0 aliphatic rings. The summed E-state index contributed by atoms with van der Waals surface area (Å²) < 4.78 is 63.8. The van der Waals surface area contributed by atoms with E-state index in [0.29, 0.717) is 16.4 Å². The number of anilines is 4. The number of hydrogen-bond acceptors (Lipinski definition) is 9. The third-order valence-electron chi connectivity index (χ3n) is 4.88. The van der Waals surface area contributed by atoms with Crippen molar-refractivity contribution in [2.75, 3.05) is 31.4 Å². The fourth-order valence-corrected chi connectivity index (χ4v) is 4.70. The van der Waals surface area contributed by atoms with E-state index in [1.54, 1.807) is 6.92 Å². The molecule has 1 unspecified atom stereocenters. The van der Waals surface area contributed by atoms with Crippen molar-refractivity contribution in [2.24, 2.45) is 0 Å². The van der Waals surface area contributed by atoms with Crippen LogP contribution < -0.4 is 20.7 Å². The molecule has 16 heteroatoms. The topological polar surface area (TPSA) is 148 Å². The third kappa shape index (κ3) is 7.40. The number of amides is 1. The van der Waals surface area contributed by atoms with E-state index in [-0.39, 0.29) is 41.5 Å². The van der Waals surface area contributed by atoms with Gasteiger partial charge in [-0.25, -0.2) is 9.97 Å². The Kier molecular flexibility index (Phi) is 9.31. The summed E-state index contributed by atoms with van der Waals surface area (Å²) >= 11 is 3.13. The van der Waals surface area contributed by atoms with Crippen molar-refractivity contribution in [3.63, 3.8) is 0 Å². The van der Waals surface area contributed by atoms with Gasteiger partial charge < -0.3 is 30.1 Å². The first-order valence-electron chi connectivity index (χ1n) is 10.9. The number of halogens is 4. The number of alkyl halides is 3. The Morgan fingerprint density at radius 2 is 1.87 bits per heavy atom.